The van der Waals surface area contributed by atoms with Gasteiger partial charge in [0.1, 0.15) is 0 Å². The summed E-state index contributed by atoms with van der Waals surface area (Å²) in [7, 11) is 0. The van der Waals surface area contributed by atoms with Gasteiger partial charge in [-0.3, -0.25) is 4.79 Å². The van der Waals surface area contributed by atoms with Crippen LogP contribution in [0.25, 0.3) is 5.69 Å². The number of aromatic nitrogens is 2. The van der Waals surface area contributed by atoms with Gasteiger partial charge in [0.25, 0.3) is 5.91 Å². The molecule has 1 aromatic carbocycles. The van der Waals surface area contributed by atoms with Crippen LogP contribution in [0.4, 0.5) is 0 Å². The molecule has 1 amide bonds. The van der Waals surface area contributed by atoms with E-state index in [2.05, 4.69) is 18.9 Å². The van der Waals surface area contributed by atoms with Gasteiger partial charge in [-0.25, -0.2) is 4.68 Å². The van der Waals surface area contributed by atoms with Crippen LogP contribution in [0.15, 0.2) is 36.5 Å². The molecule has 1 atom stereocenters. The van der Waals surface area contributed by atoms with Crippen LogP contribution in [-0.4, -0.2) is 39.7 Å². The summed E-state index contributed by atoms with van der Waals surface area (Å²) in [6, 6.07) is 10.2. The quantitative estimate of drug-likeness (QED) is 0.936. The highest BCUT2D eigenvalue weighted by atomic mass is 16.2. The lowest BCUT2D eigenvalue weighted by atomic mass is 9.79. The van der Waals surface area contributed by atoms with Crippen LogP contribution in [0.1, 0.15) is 55.1 Å². The van der Waals surface area contributed by atoms with Gasteiger partial charge >= 0.3 is 0 Å². The van der Waals surface area contributed by atoms with E-state index in [4.69, 9.17) is 5.73 Å². The molecule has 1 aliphatic heterocycles. The molecule has 0 spiro atoms. The first-order valence-corrected chi connectivity index (χ1v) is 9.15. The van der Waals surface area contributed by atoms with Crippen molar-refractivity contribution in [1.82, 2.24) is 14.7 Å². The van der Waals surface area contributed by atoms with Crippen molar-refractivity contribution < 1.29 is 4.79 Å². The topological polar surface area (TPSA) is 64.2 Å². The normalized spacial score (nSPS) is 22.8. The van der Waals surface area contributed by atoms with Gasteiger partial charge in [-0.2, -0.15) is 5.10 Å². The molecule has 0 radical (unpaired) electrons. The molecule has 2 heterocycles. The van der Waals surface area contributed by atoms with Gasteiger partial charge in [0.05, 0.1) is 23.1 Å². The van der Waals surface area contributed by atoms with E-state index >= 15 is 0 Å². The summed E-state index contributed by atoms with van der Waals surface area (Å²) >= 11 is 0. The van der Waals surface area contributed by atoms with E-state index in [-0.39, 0.29) is 17.4 Å². The first-order chi connectivity index (χ1) is 12.0. The predicted molar refractivity (Wildman–Crippen MR) is 97.8 cm³/mol. The van der Waals surface area contributed by atoms with Crippen molar-refractivity contribution >= 4 is 5.91 Å². The van der Waals surface area contributed by atoms with Gasteiger partial charge in [0.15, 0.2) is 0 Å². The minimum atomic E-state index is -0.0525. The number of nitrogens with two attached hydrogens (primary N) is 1. The summed E-state index contributed by atoms with van der Waals surface area (Å²) in [5.74, 6) is 0.547. The molecule has 2 aliphatic rings. The molecular weight excluding hydrogens is 312 g/mol. The van der Waals surface area contributed by atoms with Crippen LogP contribution in [0, 0.1) is 5.41 Å². The Hall–Kier alpha value is -2.14. The first-order valence-electron chi connectivity index (χ1n) is 9.15. The fraction of sp³-hybridized carbons (Fsp3) is 0.500. The number of rotatable bonds is 3. The van der Waals surface area contributed by atoms with Crippen molar-refractivity contribution in [3.63, 3.8) is 0 Å². The summed E-state index contributed by atoms with van der Waals surface area (Å²) < 4.78 is 1.95. The number of para-hydroxylation sites is 1. The van der Waals surface area contributed by atoms with Crippen molar-refractivity contribution in [3.8, 4) is 5.69 Å². The average Bonchev–Trinajstić information content (AvgIpc) is 3.35. The zero-order valence-electron chi connectivity index (χ0n) is 15.0. The van der Waals surface area contributed by atoms with Crippen LogP contribution in [0.3, 0.4) is 0 Å². The Morgan fingerprint density at radius 3 is 2.56 bits per heavy atom. The van der Waals surface area contributed by atoms with E-state index in [1.165, 1.54) is 0 Å². The summed E-state index contributed by atoms with van der Waals surface area (Å²) in [6.07, 6.45) is 4.87. The van der Waals surface area contributed by atoms with Crippen LogP contribution >= 0.6 is 0 Å². The maximum Gasteiger partial charge on any atom is 0.257 e. The van der Waals surface area contributed by atoms with E-state index in [9.17, 15) is 4.79 Å². The van der Waals surface area contributed by atoms with Gasteiger partial charge in [-0.1, -0.05) is 32.0 Å². The van der Waals surface area contributed by atoms with Crippen molar-refractivity contribution in [2.24, 2.45) is 11.1 Å². The molecule has 5 nitrogen and oxygen atoms in total. The van der Waals surface area contributed by atoms with E-state index < -0.39 is 0 Å². The summed E-state index contributed by atoms with van der Waals surface area (Å²) in [6.45, 7) is 5.72. The Balaban J connectivity index is 1.67. The number of benzene rings is 1. The summed E-state index contributed by atoms with van der Waals surface area (Å²) in [5.41, 5.74) is 9.03. The second-order valence-corrected chi connectivity index (χ2v) is 8.08. The van der Waals surface area contributed by atoms with Crippen LogP contribution < -0.4 is 5.73 Å². The van der Waals surface area contributed by atoms with Gasteiger partial charge in [0, 0.05) is 25.0 Å². The molecule has 1 unspecified atom stereocenters. The molecule has 1 aliphatic carbocycles. The Labute approximate surface area is 148 Å². The van der Waals surface area contributed by atoms with Crippen molar-refractivity contribution in [2.45, 2.75) is 45.1 Å². The minimum absolute atomic E-state index is 0.0525. The first kappa shape index (κ1) is 16.3. The third-order valence-electron chi connectivity index (χ3n) is 5.60. The molecule has 4 rings (SSSR count). The highest BCUT2D eigenvalue weighted by Gasteiger charge is 2.38. The molecular formula is C20H26N4O. The molecule has 2 fully saturated rings. The largest absolute Gasteiger partial charge is 0.338 e. The third-order valence-corrected chi connectivity index (χ3v) is 5.60. The Morgan fingerprint density at radius 2 is 1.92 bits per heavy atom. The molecule has 1 saturated heterocycles. The molecule has 2 aromatic rings. The number of hydrogen-bond acceptors (Lipinski definition) is 3. The van der Waals surface area contributed by atoms with Gasteiger partial charge < -0.3 is 10.6 Å². The maximum absolute atomic E-state index is 13.2. The molecule has 0 bridgehead atoms. The van der Waals surface area contributed by atoms with E-state index in [0.29, 0.717) is 12.5 Å². The molecule has 1 saturated carbocycles. The monoisotopic (exact) mass is 338 g/mol. The number of carbonyl (C=O) groups excluding carboxylic acids is 1. The molecule has 132 valence electrons. The van der Waals surface area contributed by atoms with E-state index in [1.54, 1.807) is 6.20 Å². The zero-order valence-corrected chi connectivity index (χ0v) is 15.0. The number of hydrogen-bond donors (Lipinski definition) is 1. The Kier molecular flexibility index (Phi) is 3.91. The van der Waals surface area contributed by atoms with Gasteiger partial charge in [-0.05, 0) is 36.8 Å². The Bertz CT molecular complexity index is 776. The molecule has 1 aromatic heterocycles. The third kappa shape index (κ3) is 2.97. The van der Waals surface area contributed by atoms with Gasteiger partial charge in [0.2, 0.25) is 0 Å². The molecule has 25 heavy (non-hydrogen) atoms. The van der Waals surface area contributed by atoms with E-state index in [1.807, 2.05) is 39.9 Å². The second kappa shape index (κ2) is 5.99. The second-order valence-electron chi connectivity index (χ2n) is 8.08. The number of likely N-dealkylation sites (tertiary alicyclic amines) is 1. The minimum Gasteiger partial charge on any atom is -0.338 e. The molecule has 2 N–H and O–H groups in total. The van der Waals surface area contributed by atoms with Crippen molar-refractivity contribution in [1.29, 1.82) is 0 Å². The summed E-state index contributed by atoms with van der Waals surface area (Å²) in [5, 5.41) is 4.56. The lowest BCUT2D eigenvalue weighted by Gasteiger charge is -2.42. The maximum atomic E-state index is 13.2. The standard InChI is InChI=1S/C20H26N4O/c1-20(2)13-23(11-10-17(20)21)19(25)16-12-22-24(18(16)14-8-9-14)15-6-4-3-5-7-15/h3-7,12,14,17H,8-11,13,21H2,1-2H3. The predicted octanol–water partition coefficient (Wildman–Crippen LogP) is 2.95. The number of nitrogens with zero attached hydrogens (tertiary/aromatic N) is 3. The molecule has 5 heteroatoms. The highest BCUT2D eigenvalue weighted by Crippen LogP contribution is 2.43. The number of piperidine rings is 1. The van der Waals surface area contributed by atoms with Crippen LogP contribution in [0.5, 0.6) is 0 Å². The highest BCUT2D eigenvalue weighted by molar-refractivity contribution is 5.95. The number of amides is 1. The fourth-order valence-electron chi connectivity index (χ4n) is 3.76. The summed E-state index contributed by atoms with van der Waals surface area (Å²) in [4.78, 5) is 15.2. The number of carbonyl (C=O) groups is 1. The lowest BCUT2D eigenvalue weighted by molar-refractivity contribution is 0.0532. The van der Waals surface area contributed by atoms with Crippen molar-refractivity contribution in [2.75, 3.05) is 13.1 Å². The Morgan fingerprint density at radius 1 is 1.20 bits per heavy atom. The lowest BCUT2D eigenvalue weighted by Crippen LogP contribution is -2.54. The van der Waals surface area contributed by atoms with Crippen LogP contribution in [-0.2, 0) is 0 Å². The SMILES string of the molecule is CC1(C)CN(C(=O)c2cnn(-c3ccccc3)c2C2CC2)CCC1N. The average molecular weight is 338 g/mol. The smallest absolute Gasteiger partial charge is 0.257 e. The fourth-order valence-corrected chi connectivity index (χ4v) is 3.76. The van der Waals surface area contributed by atoms with Gasteiger partial charge in [-0.15, -0.1) is 0 Å². The van der Waals surface area contributed by atoms with Crippen molar-refractivity contribution in [3.05, 3.63) is 47.8 Å². The van der Waals surface area contributed by atoms with Crippen LogP contribution in [0.2, 0.25) is 0 Å². The van der Waals surface area contributed by atoms with E-state index in [0.717, 1.165) is 42.8 Å². The zero-order chi connectivity index (χ0) is 17.6.